The van der Waals surface area contributed by atoms with Gasteiger partial charge in [-0.3, -0.25) is 9.13 Å². The van der Waals surface area contributed by atoms with E-state index in [-0.39, 0.29) is 11.6 Å². The fourth-order valence-electron chi connectivity index (χ4n) is 3.72. The summed E-state index contributed by atoms with van der Waals surface area (Å²) in [7, 11) is 5.00. The zero-order chi connectivity index (χ0) is 19.8. The predicted octanol–water partition coefficient (Wildman–Crippen LogP) is 3.22. The fourth-order valence-corrected chi connectivity index (χ4v) is 3.72. The molecule has 6 heteroatoms. The second-order valence-corrected chi connectivity index (χ2v) is 6.98. The molecule has 1 aliphatic rings. The maximum Gasteiger partial charge on any atom is 0.329 e. The standard InChI is InChI=1S/C22H23N3O3/c1-14-13-25-18(17-11-20(28-4)19(27-3)10-16(14)17)12-21(24(2)22(25)26)23-15-8-6-5-7-9-15/h5-12,14H,13H2,1-4H3/b23-21-. The molecule has 0 aliphatic carbocycles. The molecule has 144 valence electrons. The lowest BCUT2D eigenvalue weighted by Gasteiger charge is -2.28. The van der Waals surface area contributed by atoms with E-state index in [1.807, 2.05) is 53.1 Å². The second-order valence-electron chi connectivity index (χ2n) is 6.98. The number of ether oxygens (including phenoxy) is 2. The molecule has 1 aliphatic heterocycles. The third kappa shape index (κ3) is 2.91. The highest BCUT2D eigenvalue weighted by Crippen LogP contribution is 2.41. The molecule has 4 rings (SSSR count). The quantitative estimate of drug-likeness (QED) is 0.704. The molecule has 0 amide bonds. The summed E-state index contributed by atoms with van der Waals surface area (Å²) in [4.78, 5) is 17.7. The summed E-state index contributed by atoms with van der Waals surface area (Å²) in [6.07, 6.45) is 0. The Bertz CT molecular complexity index is 1160. The van der Waals surface area contributed by atoms with Gasteiger partial charge in [0.15, 0.2) is 11.5 Å². The number of fused-ring (bicyclic) bond motifs is 3. The first-order chi connectivity index (χ1) is 13.5. The van der Waals surface area contributed by atoms with Crippen molar-refractivity contribution in [2.75, 3.05) is 14.2 Å². The SMILES string of the molecule is COc1cc2c(cc1OC)C(C)Cn1c-2c/c(=N/c2ccccc2)n(C)c1=O. The summed E-state index contributed by atoms with van der Waals surface area (Å²) in [5.74, 6) is 1.51. The van der Waals surface area contributed by atoms with Gasteiger partial charge in [-0.2, -0.15) is 0 Å². The molecule has 0 fully saturated rings. The maximum absolute atomic E-state index is 13.1. The van der Waals surface area contributed by atoms with Gasteiger partial charge in [0, 0.05) is 31.1 Å². The average molecular weight is 377 g/mol. The smallest absolute Gasteiger partial charge is 0.329 e. The minimum Gasteiger partial charge on any atom is -0.493 e. The van der Waals surface area contributed by atoms with Crippen molar-refractivity contribution in [1.29, 1.82) is 0 Å². The molecule has 0 N–H and O–H groups in total. The van der Waals surface area contributed by atoms with Crippen LogP contribution in [0.2, 0.25) is 0 Å². The number of methoxy groups -OCH3 is 2. The van der Waals surface area contributed by atoms with Gasteiger partial charge in [-0.05, 0) is 29.8 Å². The zero-order valence-corrected chi connectivity index (χ0v) is 16.5. The molecule has 28 heavy (non-hydrogen) atoms. The van der Waals surface area contributed by atoms with E-state index in [1.165, 1.54) is 0 Å². The number of hydrogen-bond donors (Lipinski definition) is 0. The molecular formula is C22H23N3O3. The summed E-state index contributed by atoms with van der Waals surface area (Å²) < 4.78 is 14.4. The van der Waals surface area contributed by atoms with Gasteiger partial charge in [0.05, 0.1) is 25.6 Å². The van der Waals surface area contributed by atoms with Crippen molar-refractivity contribution in [2.45, 2.75) is 19.4 Å². The van der Waals surface area contributed by atoms with E-state index in [0.717, 1.165) is 22.5 Å². The van der Waals surface area contributed by atoms with Gasteiger partial charge >= 0.3 is 5.69 Å². The van der Waals surface area contributed by atoms with Crippen molar-refractivity contribution in [3.63, 3.8) is 0 Å². The Hall–Kier alpha value is -3.28. The number of nitrogens with zero attached hydrogens (tertiary/aromatic N) is 3. The molecule has 0 saturated carbocycles. The van der Waals surface area contributed by atoms with Crippen LogP contribution in [0.1, 0.15) is 18.4 Å². The van der Waals surface area contributed by atoms with Gasteiger partial charge in [0.25, 0.3) is 0 Å². The third-order valence-electron chi connectivity index (χ3n) is 5.24. The Labute approximate surface area is 163 Å². The molecule has 1 atom stereocenters. The number of rotatable bonds is 3. The molecular weight excluding hydrogens is 354 g/mol. The molecule has 1 unspecified atom stereocenters. The van der Waals surface area contributed by atoms with Crippen molar-refractivity contribution in [3.8, 4) is 22.8 Å². The van der Waals surface area contributed by atoms with Crippen molar-refractivity contribution < 1.29 is 9.47 Å². The van der Waals surface area contributed by atoms with Crippen LogP contribution in [-0.4, -0.2) is 23.4 Å². The van der Waals surface area contributed by atoms with E-state index in [1.54, 1.807) is 25.8 Å². The number of hydrogen-bond acceptors (Lipinski definition) is 4. The van der Waals surface area contributed by atoms with Crippen LogP contribution in [0, 0.1) is 0 Å². The van der Waals surface area contributed by atoms with E-state index < -0.39 is 0 Å². The van der Waals surface area contributed by atoms with Crippen LogP contribution in [0.5, 0.6) is 11.5 Å². The molecule has 3 aromatic rings. The lowest BCUT2D eigenvalue weighted by molar-refractivity contribution is 0.354. The van der Waals surface area contributed by atoms with E-state index in [9.17, 15) is 4.79 Å². The average Bonchev–Trinajstić information content (AvgIpc) is 2.72. The van der Waals surface area contributed by atoms with Crippen molar-refractivity contribution in [2.24, 2.45) is 12.0 Å². The van der Waals surface area contributed by atoms with E-state index >= 15 is 0 Å². The Balaban J connectivity index is 2.01. The second kappa shape index (κ2) is 7.03. The van der Waals surface area contributed by atoms with Gasteiger partial charge < -0.3 is 9.47 Å². The molecule has 0 radical (unpaired) electrons. The van der Waals surface area contributed by atoms with Crippen LogP contribution in [-0.2, 0) is 13.6 Å². The van der Waals surface area contributed by atoms with Gasteiger partial charge in [0.1, 0.15) is 5.49 Å². The third-order valence-corrected chi connectivity index (χ3v) is 5.24. The van der Waals surface area contributed by atoms with E-state index in [4.69, 9.17) is 9.47 Å². The van der Waals surface area contributed by atoms with Crippen molar-refractivity contribution >= 4 is 5.69 Å². The summed E-state index contributed by atoms with van der Waals surface area (Å²) in [6.45, 7) is 2.72. The molecule has 0 bridgehead atoms. The van der Waals surface area contributed by atoms with Crippen LogP contribution in [0.3, 0.4) is 0 Å². The molecule has 1 aromatic heterocycles. The van der Waals surface area contributed by atoms with Gasteiger partial charge in [-0.25, -0.2) is 9.79 Å². The van der Waals surface area contributed by atoms with Crippen LogP contribution < -0.4 is 20.7 Å². The van der Waals surface area contributed by atoms with Crippen molar-refractivity contribution in [1.82, 2.24) is 9.13 Å². The molecule has 0 spiro atoms. The normalized spacial score (nSPS) is 15.7. The maximum atomic E-state index is 13.1. The van der Waals surface area contributed by atoms with Gasteiger partial charge in [-0.15, -0.1) is 0 Å². The predicted molar refractivity (Wildman–Crippen MR) is 108 cm³/mol. The summed E-state index contributed by atoms with van der Waals surface area (Å²) in [5, 5.41) is 0. The lowest BCUT2D eigenvalue weighted by atomic mass is 9.89. The Kier molecular flexibility index (Phi) is 4.55. The summed E-state index contributed by atoms with van der Waals surface area (Å²) in [6, 6.07) is 15.6. The fraction of sp³-hybridized carbons (Fsp3) is 0.273. The van der Waals surface area contributed by atoms with Crippen LogP contribution in [0.15, 0.2) is 58.3 Å². The monoisotopic (exact) mass is 377 g/mol. The Morgan fingerprint density at radius 3 is 2.39 bits per heavy atom. The number of aromatic nitrogens is 2. The van der Waals surface area contributed by atoms with Crippen LogP contribution >= 0.6 is 0 Å². The Morgan fingerprint density at radius 2 is 1.71 bits per heavy atom. The van der Waals surface area contributed by atoms with E-state index in [2.05, 4.69) is 11.9 Å². The van der Waals surface area contributed by atoms with Crippen molar-refractivity contribution in [3.05, 3.63) is 70.1 Å². The molecule has 2 heterocycles. The first-order valence-electron chi connectivity index (χ1n) is 9.20. The molecule has 2 aromatic carbocycles. The molecule has 6 nitrogen and oxygen atoms in total. The first kappa shape index (κ1) is 18.1. The minimum absolute atomic E-state index is 0.0838. The summed E-state index contributed by atoms with van der Waals surface area (Å²) in [5.41, 5.74) is 4.28. The van der Waals surface area contributed by atoms with Gasteiger partial charge in [-0.1, -0.05) is 25.1 Å². The van der Waals surface area contributed by atoms with Crippen LogP contribution in [0.25, 0.3) is 11.3 Å². The largest absolute Gasteiger partial charge is 0.493 e. The van der Waals surface area contributed by atoms with E-state index in [0.29, 0.717) is 23.5 Å². The highest BCUT2D eigenvalue weighted by Gasteiger charge is 2.26. The highest BCUT2D eigenvalue weighted by atomic mass is 16.5. The number of para-hydroxylation sites is 1. The number of benzene rings is 2. The molecule has 0 saturated heterocycles. The Morgan fingerprint density at radius 1 is 1.04 bits per heavy atom. The topological polar surface area (TPSA) is 57.8 Å². The zero-order valence-electron chi connectivity index (χ0n) is 16.5. The summed E-state index contributed by atoms with van der Waals surface area (Å²) >= 11 is 0. The highest BCUT2D eigenvalue weighted by molar-refractivity contribution is 5.71. The van der Waals surface area contributed by atoms with Crippen LogP contribution in [0.4, 0.5) is 5.69 Å². The first-order valence-corrected chi connectivity index (χ1v) is 9.20. The lowest BCUT2D eigenvalue weighted by Crippen LogP contribution is -2.41. The van der Waals surface area contributed by atoms with Gasteiger partial charge in [0.2, 0.25) is 0 Å². The minimum atomic E-state index is -0.0838.